The number of aromatic hydroxyl groups is 1. The molecule has 1 aromatic rings. The molecule has 134 valence electrons. The van der Waals surface area contributed by atoms with E-state index in [1.165, 1.54) is 12.1 Å². The summed E-state index contributed by atoms with van der Waals surface area (Å²) in [6, 6.07) is 5.37. The Bertz CT molecular complexity index is 535. The van der Waals surface area contributed by atoms with E-state index in [9.17, 15) is 14.7 Å². The molecule has 0 spiro atoms. The number of phenols is 1. The molecule has 0 heterocycles. The van der Waals surface area contributed by atoms with Gasteiger partial charge >= 0.3 is 12.1 Å². The normalized spacial score (nSPS) is 12.3. The molecule has 0 aliphatic heterocycles. The summed E-state index contributed by atoms with van der Waals surface area (Å²) in [4.78, 5) is 24.1. The highest BCUT2D eigenvalue weighted by atomic mass is 16.6. The number of benzene rings is 1. The highest BCUT2D eigenvalue weighted by Gasteiger charge is 2.25. The molecule has 0 radical (unpaired) electrons. The van der Waals surface area contributed by atoms with Gasteiger partial charge in [-0.05, 0) is 38.5 Å². The number of aliphatic hydroxyl groups is 1. The Balaban J connectivity index is 2.76. The Morgan fingerprint density at radius 1 is 1.21 bits per heavy atom. The molecule has 0 aliphatic rings. The van der Waals surface area contributed by atoms with Gasteiger partial charge in [-0.2, -0.15) is 0 Å². The number of hydrogen-bond acceptors (Lipinski definition) is 6. The maximum Gasteiger partial charge on any atom is 0.408 e. The summed E-state index contributed by atoms with van der Waals surface area (Å²) in [6.07, 6.45) is -0.202. The number of esters is 1. The van der Waals surface area contributed by atoms with Crippen molar-refractivity contribution in [1.29, 1.82) is 0 Å². The molecule has 0 unspecified atom stereocenters. The van der Waals surface area contributed by atoms with Gasteiger partial charge in [0.15, 0.2) is 0 Å². The summed E-state index contributed by atoms with van der Waals surface area (Å²) < 4.78 is 10.2. The van der Waals surface area contributed by atoms with Gasteiger partial charge in [0.2, 0.25) is 0 Å². The zero-order valence-electron chi connectivity index (χ0n) is 14.2. The summed E-state index contributed by atoms with van der Waals surface area (Å²) in [6.45, 7) is 5.15. The molecule has 1 aromatic carbocycles. The lowest BCUT2D eigenvalue weighted by Gasteiger charge is -2.23. The molecule has 24 heavy (non-hydrogen) atoms. The Morgan fingerprint density at radius 2 is 1.83 bits per heavy atom. The monoisotopic (exact) mass is 339 g/mol. The number of alkyl carbamates (subject to hydrolysis) is 1. The van der Waals surface area contributed by atoms with Crippen LogP contribution in [0.4, 0.5) is 4.79 Å². The molecule has 0 saturated heterocycles. The molecule has 0 aliphatic carbocycles. The smallest absolute Gasteiger partial charge is 0.408 e. The van der Waals surface area contributed by atoms with E-state index in [4.69, 9.17) is 14.6 Å². The molecule has 1 rings (SSSR count). The summed E-state index contributed by atoms with van der Waals surface area (Å²) in [5.41, 5.74) is 0.0569. The van der Waals surface area contributed by atoms with Crippen molar-refractivity contribution in [3.05, 3.63) is 29.8 Å². The Labute approximate surface area is 141 Å². The minimum absolute atomic E-state index is 0.0669. The van der Waals surface area contributed by atoms with Crippen LogP contribution in [0.1, 0.15) is 32.8 Å². The summed E-state index contributed by atoms with van der Waals surface area (Å²) >= 11 is 0. The first-order valence-corrected chi connectivity index (χ1v) is 7.76. The third-order valence-electron chi connectivity index (χ3n) is 2.90. The van der Waals surface area contributed by atoms with Crippen LogP contribution in [-0.4, -0.2) is 47.1 Å². The van der Waals surface area contributed by atoms with Crippen LogP contribution in [0.2, 0.25) is 0 Å². The highest BCUT2D eigenvalue weighted by Crippen LogP contribution is 2.13. The second-order valence-corrected chi connectivity index (χ2v) is 6.31. The minimum atomic E-state index is -0.928. The first kappa shape index (κ1) is 19.8. The van der Waals surface area contributed by atoms with E-state index in [-0.39, 0.29) is 25.4 Å². The fraction of sp³-hybridized carbons (Fsp3) is 0.529. The molecule has 3 N–H and O–H groups in total. The highest BCUT2D eigenvalue weighted by molar-refractivity contribution is 5.81. The number of nitrogens with one attached hydrogen (secondary N) is 1. The van der Waals surface area contributed by atoms with Gasteiger partial charge < -0.3 is 25.0 Å². The first-order valence-electron chi connectivity index (χ1n) is 7.76. The predicted molar refractivity (Wildman–Crippen MR) is 87.6 cm³/mol. The molecule has 7 heteroatoms. The number of rotatable bonds is 7. The Kier molecular flexibility index (Phi) is 7.51. The first-order chi connectivity index (χ1) is 11.2. The summed E-state index contributed by atoms with van der Waals surface area (Å²) in [5, 5.41) is 20.6. The average molecular weight is 339 g/mol. The maximum absolute atomic E-state index is 12.2. The number of phenolic OH excluding ortho intramolecular Hbond substituents is 1. The number of ether oxygens (including phenoxy) is 2. The molecule has 0 bridgehead atoms. The van der Waals surface area contributed by atoms with E-state index in [0.717, 1.165) is 5.56 Å². The SMILES string of the molecule is CC(C)(C)OC(=O)N[C@@H](Cc1ccc(O)cc1)C(=O)OCCCO. The van der Waals surface area contributed by atoms with E-state index in [2.05, 4.69) is 5.32 Å². The minimum Gasteiger partial charge on any atom is -0.508 e. The third kappa shape index (κ3) is 7.82. The third-order valence-corrected chi connectivity index (χ3v) is 2.90. The molecule has 1 atom stereocenters. The van der Waals surface area contributed by atoms with Crippen molar-refractivity contribution in [2.24, 2.45) is 0 Å². The van der Waals surface area contributed by atoms with Crippen molar-refractivity contribution >= 4 is 12.1 Å². The molecular weight excluding hydrogens is 314 g/mol. The van der Waals surface area contributed by atoms with E-state index in [1.54, 1.807) is 32.9 Å². The van der Waals surface area contributed by atoms with Crippen LogP contribution < -0.4 is 5.32 Å². The van der Waals surface area contributed by atoms with E-state index in [0.29, 0.717) is 6.42 Å². The molecule has 1 amide bonds. The zero-order chi connectivity index (χ0) is 18.2. The largest absolute Gasteiger partial charge is 0.508 e. The van der Waals surface area contributed by atoms with Crippen LogP contribution in [0.5, 0.6) is 5.75 Å². The Morgan fingerprint density at radius 3 is 2.38 bits per heavy atom. The van der Waals surface area contributed by atoms with Gasteiger partial charge in [0.1, 0.15) is 17.4 Å². The second-order valence-electron chi connectivity index (χ2n) is 6.31. The number of aliphatic hydroxyl groups excluding tert-OH is 1. The predicted octanol–water partition coefficient (Wildman–Crippen LogP) is 1.75. The lowest BCUT2D eigenvalue weighted by Crippen LogP contribution is -2.45. The van der Waals surface area contributed by atoms with Gasteiger partial charge in [-0.25, -0.2) is 9.59 Å². The molecular formula is C17H25NO6. The van der Waals surface area contributed by atoms with E-state index < -0.39 is 23.7 Å². The molecule has 0 saturated carbocycles. The topological polar surface area (TPSA) is 105 Å². The average Bonchev–Trinajstić information content (AvgIpc) is 2.47. The fourth-order valence-electron chi connectivity index (χ4n) is 1.85. The summed E-state index contributed by atoms with van der Waals surface area (Å²) in [7, 11) is 0. The van der Waals surface area contributed by atoms with Crippen LogP contribution in [-0.2, 0) is 20.7 Å². The number of amides is 1. The van der Waals surface area contributed by atoms with Crippen molar-refractivity contribution in [3.8, 4) is 5.75 Å². The van der Waals surface area contributed by atoms with Gasteiger partial charge in [-0.3, -0.25) is 0 Å². The van der Waals surface area contributed by atoms with Gasteiger partial charge in [0.05, 0.1) is 6.61 Å². The lowest BCUT2D eigenvalue weighted by molar-refractivity contribution is -0.146. The quantitative estimate of drug-likeness (QED) is 0.516. The van der Waals surface area contributed by atoms with E-state index in [1.807, 2.05) is 0 Å². The van der Waals surface area contributed by atoms with Gasteiger partial charge in [-0.1, -0.05) is 12.1 Å². The molecule has 0 fully saturated rings. The zero-order valence-corrected chi connectivity index (χ0v) is 14.2. The van der Waals surface area contributed by atoms with Crippen molar-refractivity contribution in [2.75, 3.05) is 13.2 Å². The van der Waals surface area contributed by atoms with E-state index >= 15 is 0 Å². The standard InChI is InChI=1S/C17H25NO6/c1-17(2,3)24-16(22)18-14(15(21)23-10-4-9-19)11-12-5-7-13(20)8-6-12/h5-8,14,19-20H,4,9-11H2,1-3H3,(H,18,22)/t14-/m0/s1. The number of carbonyl (C=O) groups is 2. The summed E-state index contributed by atoms with van der Waals surface area (Å²) in [5.74, 6) is -0.497. The van der Waals surface area contributed by atoms with Gasteiger partial charge in [0, 0.05) is 19.4 Å². The van der Waals surface area contributed by atoms with Gasteiger partial charge in [0.25, 0.3) is 0 Å². The van der Waals surface area contributed by atoms with Crippen LogP contribution >= 0.6 is 0 Å². The molecule has 7 nitrogen and oxygen atoms in total. The fourth-order valence-corrected chi connectivity index (χ4v) is 1.85. The number of hydrogen-bond donors (Lipinski definition) is 3. The van der Waals surface area contributed by atoms with Crippen LogP contribution in [0.15, 0.2) is 24.3 Å². The second kappa shape index (κ2) is 9.12. The van der Waals surface area contributed by atoms with Crippen LogP contribution in [0.25, 0.3) is 0 Å². The maximum atomic E-state index is 12.2. The number of carbonyl (C=O) groups excluding carboxylic acids is 2. The van der Waals surface area contributed by atoms with Crippen molar-refractivity contribution in [2.45, 2.75) is 45.3 Å². The van der Waals surface area contributed by atoms with Crippen LogP contribution in [0.3, 0.4) is 0 Å². The lowest BCUT2D eigenvalue weighted by atomic mass is 10.1. The van der Waals surface area contributed by atoms with Crippen molar-refractivity contribution < 1.29 is 29.3 Å². The molecule has 0 aromatic heterocycles. The van der Waals surface area contributed by atoms with Crippen LogP contribution in [0, 0.1) is 0 Å². The van der Waals surface area contributed by atoms with Crippen molar-refractivity contribution in [1.82, 2.24) is 5.32 Å². The Hall–Kier alpha value is -2.28. The van der Waals surface area contributed by atoms with Gasteiger partial charge in [-0.15, -0.1) is 0 Å². The van der Waals surface area contributed by atoms with Crippen molar-refractivity contribution in [3.63, 3.8) is 0 Å².